The summed E-state index contributed by atoms with van der Waals surface area (Å²) in [4.78, 5) is 13.5. The first kappa shape index (κ1) is 15.9. The lowest BCUT2D eigenvalue weighted by Gasteiger charge is -2.48. The van der Waals surface area contributed by atoms with Gasteiger partial charge in [-0.05, 0) is 56.7 Å². The Hall–Kier alpha value is -1.51. The monoisotopic (exact) mass is 288 g/mol. The molecule has 0 aliphatic carbocycles. The molecule has 0 radical (unpaired) electrons. The zero-order valence-corrected chi connectivity index (χ0v) is 14.0. The van der Waals surface area contributed by atoms with Crippen LogP contribution in [0.15, 0.2) is 18.2 Å². The van der Waals surface area contributed by atoms with Gasteiger partial charge >= 0.3 is 0 Å². The molecule has 2 rings (SSSR count). The molecule has 21 heavy (non-hydrogen) atoms. The summed E-state index contributed by atoms with van der Waals surface area (Å²) >= 11 is 0. The van der Waals surface area contributed by atoms with E-state index in [-0.39, 0.29) is 11.4 Å². The second-order valence-electron chi connectivity index (χ2n) is 6.97. The molecule has 0 saturated carbocycles. The van der Waals surface area contributed by atoms with Gasteiger partial charge in [0.15, 0.2) is 0 Å². The maximum Gasteiger partial charge on any atom is 0.216 e. The number of hydrogen-bond donors (Lipinski definition) is 1. The standard InChI is InChI=1S/C18H28N2O/c1-13-7-8-16-14(2)12-18(4,5)20(17(16)11-13)10-6-9-19-15(3)21/h7-8,11,14H,6,9-10,12H2,1-5H3,(H,19,21). The maximum absolute atomic E-state index is 11.0. The number of rotatable bonds is 4. The van der Waals surface area contributed by atoms with Crippen LogP contribution in [-0.4, -0.2) is 24.5 Å². The van der Waals surface area contributed by atoms with Gasteiger partial charge in [-0.3, -0.25) is 4.79 Å². The van der Waals surface area contributed by atoms with Gasteiger partial charge in [0.2, 0.25) is 5.91 Å². The molecule has 0 bridgehead atoms. The van der Waals surface area contributed by atoms with Crippen LogP contribution >= 0.6 is 0 Å². The van der Waals surface area contributed by atoms with Crippen molar-refractivity contribution >= 4 is 11.6 Å². The smallest absolute Gasteiger partial charge is 0.216 e. The highest BCUT2D eigenvalue weighted by Crippen LogP contribution is 2.43. The van der Waals surface area contributed by atoms with Crippen molar-refractivity contribution < 1.29 is 4.79 Å². The highest BCUT2D eigenvalue weighted by molar-refractivity contribution is 5.72. The second-order valence-corrected chi connectivity index (χ2v) is 6.97. The Labute approximate surface area is 128 Å². The topological polar surface area (TPSA) is 32.3 Å². The number of fused-ring (bicyclic) bond motifs is 1. The van der Waals surface area contributed by atoms with Crippen LogP contribution in [0, 0.1) is 6.92 Å². The van der Waals surface area contributed by atoms with Gasteiger partial charge < -0.3 is 10.2 Å². The number of benzene rings is 1. The normalized spacial score (nSPS) is 20.0. The minimum atomic E-state index is 0.0535. The van der Waals surface area contributed by atoms with Crippen LogP contribution in [0.1, 0.15) is 57.6 Å². The van der Waals surface area contributed by atoms with Crippen LogP contribution in [0.25, 0.3) is 0 Å². The summed E-state index contributed by atoms with van der Waals surface area (Å²) in [6, 6.07) is 6.81. The minimum absolute atomic E-state index is 0.0535. The molecule has 0 saturated heterocycles. The molecule has 1 aromatic carbocycles. The Morgan fingerprint density at radius 3 is 2.81 bits per heavy atom. The van der Waals surface area contributed by atoms with E-state index in [4.69, 9.17) is 0 Å². The SMILES string of the molecule is CC(=O)NCCCN1c2cc(C)ccc2C(C)CC1(C)C. The van der Waals surface area contributed by atoms with Crippen molar-refractivity contribution in [3.8, 4) is 0 Å². The van der Waals surface area contributed by atoms with E-state index < -0.39 is 0 Å². The van der Waals surface area contributed by atoms with E-state index in [0.717, 1.165) is 19.5 Å². The first-order valence-electron chi connectivity index (χ1n) is 7.94. The molecule has 0 aromatic heterocycles. The van der Waals surface area contributed by atoms with Crippen molar-refractivity contribution in [3.05, 3.63) is 29.3 Å². The average molecular weight is 288 g/mol. The molecule has 3 nitrogen and oxygen atoms in total. The van der Waals surface area contributed by atoms with Crippen LogP contribution in [0.4, 0.5) is 5.69 Å². The van der Waals surface area contributed by atoms with Crippen molar-refractivity contribution in [2.75, 3.05) is 18.0 Å². The molecular formula is C18H28N2O. The average Bonchev–Trinajstić information content (AvgIpc) is 2.35. The highest BCUT2D eigenvalue weighted by Gasteiger charge is 2.35. The summed E-state index contributed by atoms with van der Waals surface area (Å²) in [6.07, 6.45) is 2.15. The number of hydrogen-bond acceptors (Lipinski definition) is 2. The summed E-state index contributed by atoms with van der Waals surface area (Å²) in [7, 11) is 0. The predicted molar refractivity (Wildman–Crippen MR) is 88.9 cm³/mol. The molecule has 1 heterocycles. The van der Waals surface area contributed by atoms with Gasteiger partial charge in [0.05, 0.1) is 0 Å². The summed E-state index contributed by atoms with van der Waals surface area (Å²) in [5.41, 5.74) is 4.31. The number of anilines is 1. The lowest BCUT2D eigenvalue weighted by molar-refractivity contribution is -0.118. The summed E-state index contributed by atoms with van der Waals surface area (Å²) < 4.78 is 0. The molecule has 1 aliphatic rings. The Morgan fingerprint density at radius 1 is 1.43 bits per heavy atom. The van der Waals surface area contributed by atoms with Gasteiger partial charge in [0, 0.05) is 31.2 Å². The third-order valence-electron chi connectivity index (χ3n) is 4.48. The zero-order valence-electron chi connectivity index (χ0n) is 14.0. The van der Waals surface area contributed by atoms with Crippen molar-refractivity contribution in [2.24, 2.45) is 0 Å². The molecular weight excluding hydrogens is 260 g/mol. The number of nitrogens with zero attached hydrogens (tertiary/aromatic N) is 1. The van der Waals surface area contributed by atoms with Crippen LogP contribution in [0.5, 0.6) is 0 Å². The molecule has 0 spiro atoms. The molecule has 1 aliphatic heterocycles. The van der Waals surface area contributed by atoms with E-state index in [9.17, 15) is 4.79 Å². The molecule has 0 fully saturated rings. The largest absolute Gasteiger partial charge is 0.366 e. The Morgan fingerprint density at radius 2 is 2.14 bits per heavy atom. The Kier molecular flexibility index (Phi) is 4.60. The van der Waals surface area contributed by atoms with E-state index in [1.807, 2.05) is 0 Å². The molecule has 1 N–H and O–H groups in total. The number of aryl methyl sites for hydroxylation is 1. The first-order valence-corrected chi connectivity index (χ1v) is 7.94. The van der Waals surface area contributed by atoms with E-state index in [2.05, 4.69) is 56.1 Å². The van der Waals surface area contributed by atoms with Gasteiger partial charge in [0.1, 0.15) is 0 Å². The zero-order chi connectivity index (χ0) is 15.6. The summed E-state index contributed by atoms with van der Waals surface area (Å²) in [6.45, 7) is 12.4. The van der Waals surface area contributed by atoms with Crippen molar-refractivity contribution in [1.29, 1.82) is 0 Å². The number of carbonyl (C=O) groups excluding carboxylic acids is 1. The van der Waals surface area contributed by atoms with Gasteiger partial charge in [0.25, 0.3) is 0 Å². The molecule has 1 amide bonds. The quantitative estimate of drug-likeness (QED) is 0.858. The lowest BCUT2D eigenvalue weighted by Crippen LogP contribution is -2.49. The van der Waals surface area contributed by atoms with Crippen molar-refractivity contribution in [2.45, 2.75) is 58.9 Å². The van der Waals surface area contributed by atoms with Crippen LogP contribution in [0.2, 0.25) is 0 Å². The predicted octanol–water partition coefficient (Wildman–Crippen LogP) is 3.61. The maximum atomic E-state index is 11.0. The van der Waals surface area contributed by atoms with Crippen LogP contribution in [0.3, 0.4) is 0 Å². The minimum Gasteiger partial charge on any atom is -0.366 e. The fourth-order valence-electron chi connectivity index (χ4n) is 3.52. The van der Waals surface area contributed by atoms with Gasteiger partial charge in [-0.15, -0.1) is 0 Å². The molecule has 1 aromatic rings. The number of nitrogens with one attached hydrogen (secondary N) is 1. The van der Waals surface area contributed by atoms with Gasteiger partial charge in [-0.25, -0.2) is 0 Å². The van der Waals surface area contributed by atoms with Gasteiger partial charge in [-0.2, -0.15) is 0 Å². The van der Waals surface area contributed by atoms with E-state index in [1.54, 1.807) is 6.92 Å². The Bertz CT molecular complexity index is 522. The molecule has 1 atom stereocenters. The van der Waals surface area contributed by atoms with Crippen molar-refractivity contribution in [1.82, 2.24) is 5.32 Å². The highest BCUT2D eigenvalue weighted by atomic mass is 16.1. The first-order chi connectivity index (χ1) is 9.81. The summed E-state index contributed by atoms with van der Waals surface area (Å²) in [5.74, 6) is 0.653. The van der Waals surface area contributed by atoms with E-state index >= 15 is 0 Å². The molecule has 116 valence electrons. The lowest BCUT2D eigenvalue weighted by atomic mass is 9.79. The third kappa shape index (κ3) is 3.58. The molecule has 1 unspecified atom stereocenters. The Balaban J connectivity index is 2.19. The number of amides is 1. The number of carbonyl (C=O) groups is 1. The third-order valence-corrected chi connectivity index (χ3v) is 4.48. The second kappa shape index (κ2) is 6.08. The van der Waals surface area contributed by atoms with Crippen LogP contribution < -0.4 is 10.2 Å². The fourth-order valence-corrected chi connectivity index (χ4v) is 3.52. The van der Waals surface area contributed by atoms with Gasteiger partial charge in [-0.1, -0.05) is 19.1 Å². The summed E-state index contributed by atoms with van der Waals surface area (Å²) in [5, 5.41) is 2.89. The fraction of sp³-hybridized carbons (Fsp3) is 0.611. The molecule has 3 heteroatoms. The van der Waals surface area contributed by atoms with E-state index in [0.29, 0.717) is 5.92 Å². The van der Waals surface area contributed by atoms with Crippen LogP contribution in [-0.2, 0) is 4.79 Å². The van der Waals surface area contributed by atoms with E-state index in [1.165, 1.54) is 23.2 Å². The van der Waals surface area contributed by atoms with Crippen molar-refractivity contribution in [3.63, 3.8) is 0 Å².